The number of ketones is 1. The summed E-state index contributed by atoms with van der Waals surface area (Å²) >= 11 is 1.45. The van der Waals surface area contributed by atoms with Crippen molar-refractivity contribution in [1.29, 1.82) is 0 Å². The van der Waals surface area contributed by atoms with E-state index in [1.54, 1.807) is 42.5 Å². The number of piperidine rings is 1. The topological polar surface area (TPSA) is 70.0 Å². The molecule has 2 heterocycles. The van der Waals surface area contributed by atoms with E-state index in [1.807, 2.05) is 24.3 Å². The molecule has 33 heavy (non-hydrogen) atoms. The van der Waals surface area contributed by atoms with Crippen molar-refractivity contribution in [3.05, 3.63) is 77.9 Å². The van der Waals surface area contributed by atoms with E-state index in [1.165, 1.54) is 17.8 Å². The molecule has 0 amide bonds. The van der Waals surface area contributed by atoms with Crippen LogP contribution in [0.2, 0.25) is 0 Å². The van der Waals surface area contributed by atoms with Crippen molar-refractivity contribution in [1.82, 2.24) is 4.90 Å². The predicted molar refractivity (Wildman–Crippen MR) is 131 cm³/mol. The van der Waals surface area contributed by atoms with Gasteiger partial charge in [0, 0.05) is 32.6 Å². The van der Waals surface area contributed by atoms with Crippen LogP contribution in [0, 0.1) is 0 Å². The Kier molecular flexibility index (Phi) is 5.79. The van der Waals surface area contributed by atoms with Crippen molar-refractivity contribution in [3.8, 4) is 27.7 Å². The Morgan fingerprint density at radius 2 is 1.70 bits per heavy atom. The second-order valence-corrected chi connectivity index (χ2v) is 9.49. The lowest BCUT2D eigenvalue weighted by Gasteiger charge is -2.32. The Hall–Kier alpha value is -3.35. The number of benzene rings is 3. The highest BCUT2D eigenvalue weighted by Crippen LogP contribution is 2.41. The molecule has 6 heteroatoms. The maximum Gasteiger partial charge on any atom is 0.195 e. The fraction of sp³-hybridized carbons (Fsp3) is 0.222. The van der Waals surface area contributed by atoms with Gasteiger partial charge in [0.1, 0.15) is 17.2 Å². The largest absolute Gasteiger partial charge is 0.508 e. The van der Waals surface area contributed by atoms with Crippen LogP contribution >= 0.6 is 11.3 Å². The number of hydrogen-bond donors (Lipinski definition) is 2. The van der Waals surface area contributed by atoms with E-state index in [9.17, 15) is 15.0 Å². The van der Waals surface area contributed by atoms with Gasteiger partial charge in [-0.15, -0.1) is 11.3 Å². The van der Waals surface area contributed by atoms with E-state index in [-0.39, 0.29) is 23.5 Å². The average molecular weight is 460 g/mol. The number of carbonyl (C=O) groups is 1. The van der Waals surface area contributed by atoms with E-state index in [0.717, 1.165) is 45.7 Å². The number of ether oxygens (including phenoxy) is 1. The minimum absolute atomic E-state index is 0.0647. The van der Waals surface area contributed by atoms with Crippen LogP contribution in [0.5, 0.6) is 17.2 Å². The highest BCUT2D eigenvalue weighted by atomic mass is 32.1. The van der Waals surface area contributed by atoms with E-state index >= 15 is 0 Å². The van der Waals surface area contributed by atoms with Crippen LogP contribution in [-0.2, 0) is 0 Å². The number of thiophene rings is 1. The highest BCUT2D eigenvalue weighted by molar-refractivity contribution is 7.22. The van der Waals surface area contributed by atoms with Crippen LogP contribution in [0.25, 0.3) is 20.5 Å². The first-order valence-electron chi connectivity index (χ1n) is 11.1. The average Bonchev–Trinajstić information content (AvgIpc) is 3.19. The quantitative estimate of drug-likeness (QED) is 0.357. The monoisotopic (exact) mass is 459 g/mol. The third-order valence-electron chi connectivity index (χ3n) is 6.12. The molecular weight excluding hydrogens is 434 g/mol. The van der Waals surface area contributed by atoms with Crippen LogP contribution in [0.15, 0.2) is 66.7 Å². The van der Waals surface area contributed by atoms with Crippen LogP contribution in [0.4, 0.5) is 0 Å². The van der Waals surface area contributed by atoms with Crippen molar-refractivity contribution in [2.75, 3.05) is 13.6 Å². The summed E-state index contributed by atoms with van der Waals surface area (Å²) < 4.78 is 6.98. The highest BCUT2D eigenvalue weighted by Gasteiger charge is 2.23. The van der Waals surface area contributed by atoms with Crippen molar-refractivity contribution in [3.63, 3.8) is 0 Å². The van der Waals surface area contributed by atoms with E-state index in [2.05, 4.69) is 11.9 Å². The first-order valence-corrected chi connectivity index (χ1v) is 11.9. The molecule has 168 valence electrons. The zero-order chi connectivity index (χ0) is 22.9. The predicted octanol–water partition coefficient (Wildman–Crippen LogP) is 6.03. The number of nitrogens with zero attached hydrogens (tertiary/aromatic N) is 1. The van der Waals surface area contributed by atoms with Crippen molar-refractivity contribution >= 4 is 27.2 Å². The molecule has 1 aliphatic rings. The van der Waals surface area contributed by atoms with Gasteiger partial charge in [-0.05, 0) is 98.6 Å². The lowest BCUT2D eigenvalue weighted by molar-refractivity contribution is 0.0151. The van der Waals surface area contributed by atoms with Gasteiger partial charge in [-0.3, -0.25) is 9.69 Å². The SMILES string of the molecule is CN1CCCCC1Oc1ccc(C(=O)c2c(-c3ccc(O)cc3)sc3cc(O)ccc23)cc1. The lowest BCUT2D eigenvalue weighted by Crippen LogP contribution is -2.40. The zero-order valence-electron chi connectivity index (χ0n) is 18.3. The summed E-state index contributed by atoms with van der Waals surface area (Å²) in [5.41, 5.74) is 2.02. The van der Waals surface area contributed by atoms with Gasteiger partial charge in [-0.1, -0.05) is 0 Å². The summed E-state index contributed by atoms with van der Waals surface area (Å²) in [5, 5.41) is 20.4. The van der Waals surface area contributed by atoms with Gasteiger partial charge >= 0.3 is 0 Å². The molecule has 2 N–H and O–H groups in total. The van der Waals surface area contributed by atoms with Gasteiger partial charge in [0.05, 0.1) is 0 Å². The number of aromatic hydroxyl groups is 2. The van der Waals surface area contributed by atoms with Crippen LogP contribution in [0.3, 0.4) is 0 Å². The van der Waals surface area contributed by atoms with Crippen molar-refractivity contribution in [2.45, 2.75) is 25.5 Å². The molecule has 1 atom stereocenters. The normalized spacial score (nSPS) is 16.7. The van der Waals surface area contributed by atoms with Crippen molar-refractivity contribution < 1.29 is 19.7 Å². The summed E-state index contributed by atoms with van der Waals surface area (Å²) in [6.07, 6.45) is 3.42. The molecule has 1 aliphatic heterocycles. The Labute approximate surface area is 196 Å². The van der Waals surface area contributed by atoms with Gasteiger partial charge in [0.2, 0.25) is 0 Å². The molecule has 3 aromatic carbocycles. The molecule has 4 aromatic rings. The van der Waals surface area contributed by atoms with Crippen LogP contribution in [-0.4, -0.2) is 40.7 Å². The summed E-state index contributed by atoms with van der Waals surface area (Å²) in [5.74, 6) is 0.999. The van der Waals surface area contributed by atoms with E-state index < -0.39 is 0 Å². The molecule has 0 aliphatic carbocycles. The molecule has 0 saturated carbocycles. The molecule has 5 rings (SSSR count). The Morgan fingerprint density at radius 3 is 2.42 bits per heavy atom. The second kappa shape index (κ2) is 8.89. The van der Waals surface area contributed by atoms with Gasteiger partial charge < -0.3 is 14.9 Å². The van der Waals surface area contributed by atoms with Gasteiger partial charge in [-0.2, -0.15) is 0 Å². The smallest absolute Gasteiger partial charge is 0.195 e. The molecule has 0 radical (unpaired) electrons. The number of fused-ring (bicyclic) bond motifs is 1. The summed E-state index contributed by atoms with van der Waals surface area (Å²) in [4.78, 5) is 16.7. The third-order valence-corrected chi connectivity index (χ3v) is 7.32. The summed E-state index contributed by atoms with van der Waals surface area (Å²) in [7, 11) is 2.08. The molecule has 1 aromatic heterocycles. The van der Waals surface area contributed by atoms with E-state index in [4.69, 9.17) is 4.74 Å². The number of phenolic OH excluding ortho intramolecular Hbond substituents is 2. The molecule has 1 unspecified atom stereocenters. The molecular formula is C27H25NO4S. The molecule has 1 saturated heterocycles. The lowest BCUT2D eigenvalue weighted by atomic mass is 9.97. The third kappa shape index (κ3) is 4.32. The maximum atomic E-state index is 13.7. The second-order valence-electron chi connectivity index (χ2n) is 8.44. The molecule has 1 fully saturated rings. The van der Waals surface area contributed by atoms with Crippen LogP contribution in [0.1, 0.15) is 35.2 Å². The number of rotatable bonds is 5. The Bertz CT molecular complexity index is 1290. The number of likely N-dealkylation sites (tertiary alicyclic amines) is 1. The fourth-order valence-corrected chi connectivity index (χ4v) is 5.54. The maximum absolute atomic E-state index is 13.7. The van der Waals surface area contributed by atoms with E-state index in [0.29, 0.717) is 11.1 Å². The molecule has 0 bridgehead atoms. The Morgan fingerprint density at radius 1 is 0.970 bits per heavy atom. The molecule has 0 spiro atoms. The van der Waals surface area contributed by atoms with Crippen molar-refractivity contribution in [2.24, 2.45) is 0 Å². The minimum Gasteiger partial charge on any atom is -0.508 e. The van der Waals surface area contributed by atoms with Gasteiger partial charge in [-0.25, -0.2) is 0 Å². The Balaban J connectivity index is 1.50. The number of hydrogen-bond acceptors (Lipinski definition) is 6. The van der Waals surface area contributed by atoms with Crippen LogP contribution < -0.4 is 4.74 Å². The van der Waals surface area contributed by atoms with Gasteiger partial charge in [0.25, 0.3) is 0 Å². The standard InChI is InChI=1S/C27H25NO4S/c1-28-15-3-2-4-24(28)32-21-12-7-17(8-13-21)26(31)25-22-14-11-20(30)16-23(22)33-27(25)18-5-9-19(29)10-6-18/h5-14,16,24,29-30H,2-4,15H2,1H3. The first kappa shape index (κ1) is 21.5. The first-order chi connectivity index (χ1) is 16.0. The number of phenols is 2. The zero-order valence-corrected chi connectivity index (χ0v) is 19.1. The molecule has 5 nitrogen and oxygen atoms in total. The number of carbonyl (C=O) groups excluding carboxylic acids is 1. The minimum atomic E-state index is -0.0867. The summed E-state index contributed by atoms with van der Waals surface area (Å²) in [6, 6.07) is 19.2. The fourth-order valence-electron chi connectivity index (χ4n) is 4.31. The van der Waals surface area contributed by atoms with Gasteiger partial charge in [0.15, 0.2) is 12.0 Å². The summed E-state index contributed by atoms with van der Waals surface area (Å²) in [6.45, 7) is 1.03.